The van der Waals surface area contributed by atoms with Crippen LogP contribution in [0.25, 0.3) is 0 Å². The average Bonchev–Trinajstić information content (AvgIpc) is 3.07. The molecule has 1 aromatic carbocycles. The molecular formula is C18H22N6O2S. The maximum Gasteiger partial charge on any atom is 0.206 e. The van der Waals surface area contributed by atoms with Gasteiger partial charge in [0.1, 0.15) is 11.6 Å². The number of hydrogen-bond donors (Lipinski definition) is 4. The van der Waals surface area contributed by atoms with E-state index in [9.17, 15) is 8.42 Å². The van der Waals surface area contributed by atoms with Gasteiger partial charge in [0.05, 0.1) is 9.79 Å². The Balaban J connectivity index is 1.98. The van der Waals surface area contributed by atoms with Gasteiger partial charge in [0.2, 0.25) is 9.84 Å². The van der Waals surface area contributed by atoms with Gasteiger partial charge in [0.25, 0.3) is 0 Å². The second-order valence-corrected chi connectivity index (χ2v) is 7.93. The van der Waals surface area contributed by atoms with Crippen LogP contribution in [0.3, 0.4) is 0 Å². The first-order valence-electron chi connectivity index (χ1n) is 8.49. The molecule has 0 saturated carbocycles. The van der Waals surface area contributed by atoms with Crippen molar-refractivity contribution in [3.8, 4) is 0 Å². The Morgan fingerprint density at radius 2 is 1.70 bits per heavy atom. The van der Waals surface area contributed by atoms with E-state index in [0.717, 1.165) is 12.2 Å². The number of nitrogens with zero attached hydrogens (tertiary/aromatic N) is 2. The molecule has 2 heterocycles. The Morgan fingerprint density at radius 3 is 2.37 bits per heavy atom. The molecule has 0 unspecified atom stereocenters. The van der Waals surface area contributed by atoms with Crippen molar-refractivity contribution in [1.82, 2.24) is 20.5 Å². The Morgan fingerprint density at radius 1 is 0.963 bits per heavy atom. The number of pyridine rings is 1. The van der Waals surface area contributed by atoms with Crippen molar-refractivity contribution in [1.29, 1.82) is 0 Å². The molecular weight excluding hydrogens is 364 g/mol. The van der Waals surface area contributed by atoms with Gasteiger partial charge in [0.15, 0.2) is 5.82 Å². The third kappa shape index (κ3) is 4.63. The van der Waals surface area contributed by atoms with Crippen LogP contribution in [0.2, 0.25) is 0 Å². The number of likely N-dealkylation sites (N-methyl/N-ethyl adjacent to an activating group) is 1. The van der Waals surface area contributed by atoms with E-state index in [4.69, 9.17) is 0 Å². The highest BCUT2D eigenvalue weighted by atomic mass is 32.2. The summed E-state index contributed by atoms with van der Waals surface area (Å²) < 4.78 is 26.0. The van der Waals surface area contributed by atoms with Crippen molar-refractivity contribution in [2.45, 2.75) is 16.7 Å². The molecule has 0 saturated heterocycles. The lowest BCUT2D eigenvalue weighted by atomic mass is 10.4. The van der Waals surface area contributed by atoms with Crippen LogP contribution >= 0.6 is 0 Å². The molecule has 0 aliphatic carbocycles. The zero-order valence-electron chi connectivity index (χ0n) is 15.2. The fourth-order valence-electron chi connectivity index (χ4n) is 2.48. The first kappa shape index (κ1) is 18.9. The van der Waals surface area contributed by atoms with Crippen LogP contribution in [0, 0.1) is 6.92 Å². The Hall–Kier alpha value is -2.91. The minimum Gasteiger partial charge on any atom is -0.369 e. The van der Waals surface area contributed by atoms with Crippen LogP contribution in [-0.4, -0.2) is 43.7 Å². The van der Waals surface area contributed by atoms with Crippen molar-refractivity contribution >= 4 is 27.3 Å². The summed E-state index contributed by atoms with van der Waals surface area (Å²) in [5.74, 6) is 1.43. The fourth-order valence-corrected chi connectivity index (χ4v) is 3.80. The molecule has 8 nitrogen and oxygen atoms in total. The smallest absolute Gasteiger partial charge is 0.206 e. The van der Waals surface area contributed by atoms with Gasteiger partial charge >= 0.3 is 0 Å². The van der Waals surface area contributed by atoms with Crippen LogP contribution in [0.1, 0.15) is 5.69 Å². The van der Waals surface area contributed by atoms with Crippen LogP contribution in [0.4, 0.5) is 17.5 Å². The van der Waals surface area contributed by atoms with E-state index in [1.807, 2.05) is 20.0 Å². The second kappa shape index (κ2) is 8.19. The number of anilines is 3. The molecule has 142 valence electrons. The summed E-state index contributed by atoms with van der Waals surface area (Å²) in [5.41, 5.74) is 0.887. The maximum atomic E-state index is 13.0. The van der Waals surface area contributed by atoms with Gasteiger partial charge in [-0.25, -0.2) is 13.4 Å². The first-order chi connectivity index (χ1) is 13.0. The third-order valence-corrected chi connectivity index (χ3v) is 5.55. The number of hydrogen-bond acceptors (Lipinski definition) is 7. The molecule has 27 heavy (non-hydrogen) atoms. The molecule has 0 bridgehead atoms. The van der Waals surface area contributed by atoms with Crippen LogP contribution in [-0.2, 0) is 9.84 Å². The van der Waals surface area contributed by atoms with Crippen LogP contribution < -0.4 is 16.0 Å². The van der Waals surface area contributed by atoms with E-state index < -0.39 is 9.84 Å². The SMILES string of the molecule is CNCCNc1cc(S(=O)(=O)c2ccccc2)cc(Nc2cc(C)[nH]n2)n1. The zero-order chi connectivity index (χ0) is 19.3. The molecule has 0 radical (unpaired) electrons. The summed E-state index contributed by atoms with van der Waals surface area (Å²) in [7, 11) is -1.82. The summed E-state index contributed by atoms with van der Waals surface area (Å²) in [6.07, 6.45) is 0. The monoisotopic (exact) mass is 386 g/mol. The first-order valence-corrected chi connectivity index (χ1v) is 9.97. The summed E-state index contributed by atoms with van der Waals surface area (Å²) in [4.78, 5) is 4.84. The van der Waals surface area contributed by atoms with E-state index in [0.29, 0.717) is 24.0 Å². The van der Waals surface area contributed by atoms with E-state index in [1.165, 1.54) is 6.07 Å². The minimum absolute atomic E-state index is 0.158. The van der Waals surface area contributed by atoms with Gasteiger partial charge in [-0.05, 0) is 32.2 Å². The topological polar surface area (TPSA) is 112 Å². The van der Waals surface area contributed by atoms with Gasteiger partial charge in [-0.3, -0.25) is 5.10 Å². The van der Waals surface area contributed by atoms with Gasteiger partial charge in [-0.1, -0.05) is 18.2 Å². The molecule has 4 N–H and O–H groups in total. The maximum absolute atomic E-state index is 13.0. The third-order valence-electron chi connectivity index (χ3n) is 3.81. The van der Waals surface area contributed by atoms with Crippen molar-refractivity contribution in [3.05, 3.63) is 54.2 Å². The molecule has 0 fully saturated rings. The number of benzene rings is 1. The number of nitrogens with one attached hydrogen (secondary N) is 4. The van der Waals surface area contributed by atoms with Crippen molar-refractivity contribution in [2.75, 3.05) is 30.8 Å². The lowest BCUT2D eigenvalue weighted by molar-refractivity contribution is 0.596. The number of aromatic amines is 1. The molecule has 0 atom stereocenters. The van der Waals surface area contributed by atoms with E-state index in [-0.39, 0.29) is 9.79 Å². The normalized spacial score (nSPS) is 11.3. The predicted molar refractivity (Wildman–Crippen MR) is 105 cm³/mol. The van der Waals surface area contributed by atoms with Crippen molar-refractivity contribution in [2.24, 2.45) is 0 Å². The quantitative estimate of drug-likeness (QED) is 0.440. The highest BCUT2D eigenvalue weighted by Crippen LogP contribution is 2.26. The molecule has 0 spiro atoms. The molecule has 0 aliphatic rings. The predicted octanol–water partition coefficient (Wildman–Crippen LogP) is 2.32. The van der Waals surface area contributed by atoms with Gasteiger partial charge < -0.3 is 16.0 Å². The molecule has 2 aromatic heterocycles. The Kier molecular flexibility index (Phi) is 5.72. The summed E-state index contributed by atoms with van der Waals surface area (Å²) in [6, 6.07) is 13.2. The Labute approximate surface area is 158 Å². The zero-order valence-corrected chi connectivity index (χ0v) is 16.0. The summed E-state index contributed by atoms with van der Waals surface area (Å²) in [5, 5.41) is 16.2. The van der Waals surface area contributed by atoms with Crippen molar-refractivity contribution < 1.29 is 8.42 Å². The largest absolute Gasteiger partial charge is 0.369 e. The second-order valence-electron chi connectivity index (χ2n) is 5.98. The molecule has 0 amide bonds. The number of rotatable bonds is 8. The lowest BCUT2D eigenvalue weighted by Crippen LogP contribution is -2.18. The molecule has 0 aliphatic heterocycles. The van der Waals surface area contributed by atoms with Gasteiger partial charge in [0, 0.05) is 30.9 Å². The van der Waals surface area contributed by atoms with E-state index >= 15 is 0 Å². The summed E-state index contributed by atoms with van der Waals surface area (Å²) >= 11 is 0. The van der Waals surface area contributed by atoms with E-state index in [1.54, 1.807) is 36.4 Å². The van der Waals surface area contributed by atoms with E-state index in [2.05, 4.69) is 31.1 Å². The number of H-pyrrole nitrogens is 1. The highest BCUT2D eigenvalue weighted by molar-refractivity contribution is 7.91. The molecule has 3 rings (SSSR count). The standard InChI is InChI=1S/C18H22N6O2S/c1-13-10-18(24-23-13)22-17-12-15(11-16(21-17)20-9-8-19-2)27(25,26)14-6-4-3-5-7-14/h3-7,10-12,19H,8-9H2,1-2H3,(H3,20,21,22,23,24). The van der Waals surface area contributed by atoms with Gasteiger partial charge in [-0.15, -0.1) is 0 Å². The number of sulfone groups is 1. The van der Waals surface area contributed by atoms with Crippen LogP contribution in [0.15, 0.2) is 58.3 Å². The Bertz CT molecular complexity index is 1000. The molecule has 3 aromatic rings. The lowest BCUT2D eigenvalue weighted by Gasteiger charge is -2.12. The fraction of sp³-hybridized carbons (Fsp3) is 0.222. The minimum atomic E-state index is -3.67. The average molecular weight is 386 g/mol. The van der Waals surface area contributed by atoms with Crippen molar-refractivity contribution in [3.63, 3.8) is 0 Å². The highest BCUT2D eigenvalue weighted by Gasteiger charge is 2.19. The number of aromatic nitrogens is 3. The summed E-state index contributed by atoms with van der Waals surface area (Å²) in [6.45, 7) is 3.21. The number of aryl methyl sites for hydroxylation is 1. The molecule has 9 heteroatoms. The van der Waals surface area contributed by atoms with Gasteiger partial charge in [-0.2, -0.15) is 5.10 Å². The van der Waals surface area contributed by atoms with Crippen LogP contribution in [0.5, 0.6) is 0 Å².